The van der Waals surface area contributed by atoms with E-state index in [1.807, 2.05) is 13.0 Å². The maximum absolute atomic E-state index is 9.04. The predicted molar refractivity (Wildman–Crippen MR) is 68.1 cm³/mol. The molecule has 1 aromatic heterocycles. The zero-order valence-electron chi connectivity index (χ0n) is 10.2. The molecule has 0 radical (unpaired) electrons. The van der Waals surface area contributed by atoms with Crippen molar-refractivity contribution in [2.24, 2.45) is 0 Å². The fourth-order valence-electron chi connectivity index (χ4n) is 1.60. The highest BCUT2D eigenvalue weighted by Crippen LogP contribution is 2.12. The number of hydrogen-bond donors (Lipinski definition) is 2. The number of pyridine rings is 1. The van der Waals surface area contributed by atoms with Gasteiger partial charge in [0.1, 0.15) is 5.15 Å². The van der Waals surface area contributed by atoms with Crippen molar-refractivity contribution >= 4 is 11.6 Å². The summed E-state index contributed by atoms with van der Waals surface area (Å²) in [5.41, 5.74) is 0.818. The summed E-state index contributed by atoms with van der Waals surface area (Å²) in [6, 6.07) is 3.69. The van der Waals surface area contributed by atoms with Crippen molar-refractivity contribution in [2.75, 3.05) is 20.3 Å². The lowest BCUT2D eigenvalue weighted by Gasteiger charge is -2.29. The summed E-state index contributed by atoms with van der Waals surface area (Å²) in [7, 11) is 1.65. The minimum absolute atomic E-state index is 0.131. The first-order valence-corrected chi connectivity index (χ1v) is 5.93. The van der Waals surface area contributed by atoms with Gasteiger partial charge >= 0.3 is 0 Å². The van der Waals surface area contributed by atoms with Gasteiger partial charge in [0.05, 0.1) is 6.61 Å². The predicted octanol–water partition coefficient (Wildman–Crippen LogP) is 1.61. The maximum Gasteiger partial charge on any atom is 0.129 e. The first kappa shape index (κ1) is 14.4. The third kappa shape index (κ3) is 5.00. The van der Waals surface area contributed by atoms with Crippen LogP contribution in [0.4, 0.5) is 0 Å². The van der Waals surface area contributed by atoms with Crippen LogP contribution in [-0.4, -0.2) is 36.0 Å². The Morgan fingerprint density at radius 2 is 2.29 bits per heavy atom. The number of nitrogens with zero attached hydrogens (tertiary/aromatic N) is 1. The van der Waals surface area contributed by atoms with Gasteiger partial charge in [-0.2, -0.15) is 0 Å². The minimum Gasteiger partial charge on any atom is -0.396 e. The monoisotopic (exact) mass is 258 g/mol. The number of aliphatic hydroxyl groups is 1. The van der Waals surface area contributed by atoms with Gasteiger partial charge in [0.2, 0.25) is 0 Å². The van der Waals surface area contributed by atoms with Gasteiger partial charge in [-0.15, -0.1) is 0 Å². The second-order valence-corrected chi connectivity index (χ2v) is 4.70. The van der Waals surface area contributed by atoms with Crippen molar-refractivity contribution < 1.29 is 9.84 Å². The minimum atomic E-state index is -0.233. The highest BCUT2D eigenvalue weighted by molar-refractivity contribution is 6.29. The van der Waals surface area contributed by atoms with Crippen molar-refractivity contribution in [3.63, 3.8) is 0 Å². The SMILES string of the molecule is COCC(C)(CCO)NCc1ccc(Cl)nc1. The van der Waals surface area contributed by atoms with Crippen LogP contribution in [0.15, 0.2) is 18.3 Å². The van der Waals surface area contributed by atoms with Crippen LogP contribution in [0.1, 0.15) is 18.9 Å². The summed E-state index contributed by atoms with van der Waals surface area (Å²) < 4.78 is 5.16. The quantitative estimate of drug-likeness (QED) is 0.730. The lowest BCUT2D eigenvalue weighted by Crippen LogP contribution is -2.46. The second kappa shape index (κ2) is 6.91. The summed E-state index contributed by atoms with van der Waals surface area (Å²) in [4.78, 5) is 4.02. The molecular formula is C12H19ClN2O2. The molecule has 0 saturated carbocycles. The molecule has 0 aromatic carbocycles. The third-order valence-corrected chi connectivity index (χ3v) is 2.86. The number of methoxy groups -OCH3 is 1. The smallest absolute Gasteiger partial charge is 0.129 e. The average molecular weight is 259 g/mol. The number of hydrogen-bond acceptors (Lipinski definition) is 4. The molecule has 0 aliphatic rings. The van der Waals surface area contributed by atoms with Crippen LogP contribution < -0.4 is 5.32 Å². The number of ether oxygens (including phenoxy) is 1. The first-order chi connectivity index (χ1) is 8.09. The first-order valence-electron chi connectivity index (χ1n) is 5.55. The van der Waals surface area contributed by atoms with Crippen LogP contribution in [-0.2, 0) is 11.3 Å². The molecule has 1 rings (SSSR count). The van der Waals surface area contributed by atoms with Gasteiger partial charge in [-0.25, -0.2) is 4.98 Å². The topological polar surface area (TPSA) is 54.4 Å². The van der Waals surface area contributed by atoms with Crippen LogP contribution in [0.3, 0.4) is 0 Å². The van der Waals surface area contributed by atoms with Crippen LogP contribution in [0.2, 0.25) is 5.15 Å². The maximum atomic E-state index is 9.04. The van der Waals surface area contributed by atoms with Crippen molar-refractivity contribution in [2.45, 2.75) is 25.4 Å². The molecular weight excluding hydrogens is 240 g/mol. The normalized spacial score (nSPS) is 14.6. The Kier molecular flexibility index (Phi) is 5.85. The molecule has 1 unspecified atom stereocenters. The molecule has 96 valence electrons. The summed E-state index contributed by atoms with van der Waals surface area (Å²) in [5.74, 6) is 0. The molecule has 1 heterocycles. The van der Waals surface area contributed by atoms with E-state index in [2.05, 4.69) is 10.3 Å². The average Bonchev–Trinajstić information content (AvgIpc) is 2.29. The fourth-order valence-corrected chi connectivity index (χ4v) is 1.72. The Morgan fingerprint density at radius 1 is 1.53 bits per heavy atom. The molecule has 17 heavy (non-hydrogen) atoms. The second-order valence-electron chi connectivity index (χ2n) is 4.31. The Balaban J connectivity index is 2.54. The van der Waals surface area contributed by atoms with Gasteiger partial charge in [0, 0.05) is 32.0 Å². The number of aromatic nitrogens is 1. The Morgan fingerprint density at radius 3 is 2.82 bits per heavy atom. The Bertz CT molecular complexity index is 324. The van der Waals surface area contributed by atoms with Crippen molar-refractivity contribution in [1.82, 2.24) is 10.3 Å². The largest absolute Gasteiger partial charge is 0.396 e. The van der Waals surface area contributed by atoms with E-state index >= 15 is 0 Å². The fraction of sp³-hybridized carbons (Fsp3) is 0.583. The summed E-state index contributed by atoms with van der Waals surface area (Å²) in [6.07, 6.45) is 2.38. The van der Waals surface area contributed by atoms with Crippen molar-refractivity contribution in [1.29, 1.82) is 0 Å². The third-order valence-electron chi connectivity index (χ3n) is 2.63. The van der Waals surface area contributed by atoms with E-state index in [0.717, 1.165) is 5.56 Å². The van der Waals surface area contributed by atoms with E-state index in [0.29, 0.717) is 24.7 Å². The molecule has 0 fully saturated rings. The molecule has 0 aliphatic carbocycles. The number of aliphatic hydroxyl groups excluding tert-OH is 1. The van der Waals surface area contributed by atoms with E-state index in [4.69, 9.17) is 21.4 Å². The molecule has 0 bridgehead atoms. The number of halogens is 1. The van der Waals surface area contributed by atoms with Crippen LogP contribution in [0.5, 0.6) is 0 Å². The molecule has 0 spiro atoms. The summed E-state index contributed by atoms with van der Waals surface area (Å²) >= 11 is 5.72. The highest BCUT2D eigenvalue weighted by atomic mass is 35.5. The van der Waals surface area contributed by atoms with Gasteiger partial charge in [0.15, 0.2) is 0 Å². The van der Waals surface area contributed by atoms with Crippen LogP contribution in [0.25, 0.3) is 0 Å². The molecule has 0 aliphatic heterocycles. The van der Waals surface area contributed by atoms with Gasteiger partial charge in [-0.3, -0.25) is 0 Å². The summed E-state index contributed by atoms with van der Waals surface area (Å²) in [6.45, 7) is 3.38. The zero-order chi connectivity index (χ0) is 12.7. The number of rotatable bonds is 7. The molecule has 1 atom stereocenters. The Labute approximate surface area is 107 Å². The molecule has 5 heteroatoms. The zero-order valence-corrected chi connectivity index (χ0v) is 11.0. The van der Waals surface area contributed by atoms with Crippen LogP contribution in [0, 0.1) is 0 Å². The van der Waals surface area contributed by atoms with Crippen molar-refractivity contribution in [3.05, 3.63) is 29.0 Å². The van der Waals surface area contributed by atoms with Gasteiger partial charge in [-0.05, 0) is 25.0 Å². The van der Waals surface area contributed by atoms with E-state index < -0.39 is 0 Å². The van der Waals surface area contributed by atoms with E-state index in [1.54, 1.807) is 19.4 Å². The van der Waals surface area contributed by atoms with Gasteiger partial charge in [0.25, 0.3) is 0 Å². The van der Waals surface area contributed by atoms with Gasteiger partial charge < -0.3 is 15.2 Å². The molecule has 2 N–H and O–H groups in total. The van der Waals surface area contributed by atoms with E-state index in [-0.39, 0.29) is 12.1 Å². The van der Waals surface area contributed by atoms with Crippen molar-refractivity contribution in [3.8, 4) is 0 Å². The van der Waals surface area contributed by atoms with E-state index in [1.165, 1.54) is 0 Å². The highest BCUT2D eigenvalue weighted by Gasteiger charge is 2.22. The molecule has 0 amide bonds. The van der Waals surface area contributed by atoms with Crippen LogP contribution >= 0.6 is 11.6 Å². The number of nitrogens with one attached hydrogen (secondary N) is 1. The molecule has 1 aromatic rings. The lowest BCUT2D eigenvalue weighted by molar-refractivity contribution is 0.0969. The standard InChI is InChI=1S/C12H19ClN2O2/c1-12(5-6-16,9-17-2)15-8-10-3-4-11(13)14-7-10/h3-4,7,15-16H,5-6,8-9H2,1-2H3. The Hall–Kier alpha value is -0.680. The molecule has 4 nitrogen and oxygen atoms in total. The summed E-state index contributed by atoms with van der Waals surface area (Å²) in [5, 5.41) is 12.9. The van der Waals surface area contributed by atoms with Gasteiger partial charge in [-0.1, -0.05) is 17.7 Å². The van der Waals surface area contributed by atoms with E-state index in [9.17, 15) is 0 Å². The lowest BCUT2D eigenvalue weighted by atomic mass is 9.99. The molecule has 0 saturated heterocycles.